The molecule has 1 aliphatic heterocycles. The Hall–Kier alpha value is -3.19. The summed E-state index contributed by atoms with van der Waals surface area (Å²) < 4.78 is 20.6. The van der Waals surface area contributed by atoms with Crippen molar-refractivity contribution in [3.63, 3.8) is 0 Å². The fourth-order valence-corrected chi connectivity index (χ4v) is 3.64. The van der Waals surface area contributed by atoms with E-state index in [-0.39, 0.29) is 17.8 Å². The summed E-state index contributed by atoms with van der Waals surface area (Å²) in [5.41, 5.74) is 2.79. The van der Waals surface area contributed by atoms with Crippen molar-refractivity contribution in [1.82, 2.24) is 20.0 Å². The van der Waals surface area contributed by atoms with Crippen molar-refractivity contribution in [3.8, 4) is 11.4 Å². The number of ether oxygens (including phenoxy) is 1. The lowest BCUT2D eigenvalue weighted by atomic mass is 10.1. The van der Waals surface area contributed by atoms with Gasteiger partial charge >= 0.3 is 0 Å². The Labute approximate surface area is 168 Å². The molecule has 1 fully saturated rings. The largest absolute Gasteiger partial charge is 0.497 e. The smallest absolute Gasteiger partial charge is 0.224 e. The zero-order valence-corrected chi connectivity index (χ0v) is 16.2. The zero-order valence-electron chi connectivity index (χ0n) is 16.2. The molecule has 1 atom stereocenters. The molecule has 1 saturated heterocycles. The van der Waals surface area contributed by atoms with E-state index in [0.717, 1.165) is 22.6 Å². The maximum atomic E-state index is 13.4. The lowest BCUT2D eigenvalue weighted by molar-refractivity contribution is -0.128. The van der Waals surface area contributed by atoms with Crippen molar-refractivity contribution in [2.24, 2.45) is 0 Å². The molecule has 1 aromatic heterocycles. The minimum absolute atomic E-state index is 0.0349. The molecule has 0 aliphatic carbocycles. The summed E-state index contributed by atoms with van der Waals surface area (Å²) in [6.07, 6.45) is 4.06. The fourth-order valence-electron chi connectivity index (χ4n) is 3.64. The first-order chi connectivity index (χ1) is 14.1. The minimum atomic E-state index is -0.284. The van der Waals surface area contributed by atoms with E-state index in [1.54, 1.807) is 24.3 Å². The lowest BCUT2D eigenvalue weighted by Gasteiger charge is -2.18. The van der Waals surface area contributed by atoms with Gasteiger partial charge in [0.05, 0.1) is 12.8 Å². The number of carbonyl (C=O) groups excluding carboxylic acids is 1. The van der Waals surface area contributed by atoms with Crippen LogP contribution in [0, 0.1) is 5.82 Å². The predicted molar refractivity (Wildman–Crippen MR) is 107 cm³/mol. The second kappa shape index (κ2) is 8.45. The normalized spacial score (nSPS) is 16.4. The van der Waals surface area contributed by atoms with Crippen molar-refractivity contribution in [1.29, 1.82) is 0 Å². The van der Waals surface area contributed by atoms with Crippen LogP contribution in [0.15, 0.2) is 60.9 Å². The van der Waals surface area contributed by atoms with Gasteiger partial charge < -0.3 is 15.0 Å². The number of benzene rings is 2. The van der Waals surface area contributed by atoms with Crippen LogP contribution in [0.5, 0.6) is 5.75 Å². The number of hydrogen-bond donors (Lipinski definition) is 1. The molecule has 7 heteroatoms. The topological polar surface area (TPSA) is 59.4 Å². The molecule has 3 aromatic rings. The molecule has 0 saturated carbocycles. The molecule has 0 spiro atoms. The number of hydrogen-bond acceptors (Lipinski definition) is 4. The van der Waals surface area contributed by atoms with E-state index in [1.165, 1.54) is 12.1 Å². The van der Waals surface area contributed by atoms with Crippen molar-refractivity contribution in [2.75, 3.05) is 13.7 Å². The van der Waals surface area contributed by atoms with Crippen LogP contribution in [0.3, 0.4) is 0 Å². The van der Waals surface area contributed by atoms with Crippen LogP contribution < -0.4 is 10.1 Å². The Morgan fingerprint density at radius 3 is 2.90 bits per heavy atom. The molecule has 1 amide bonds. The average molecular weight is 394 g/mol. The van der Waals surface area contributed by atoms with Crippen LogP contribution in [0.1, 0.15) is 17.5 Å². The van der Waals surface area contributed by atoms with Crippen LogP contribution in [0.25, 0.3) is 5.69 Å². The number of nitrogens with one attached hydrogen (secondary N) is 1. The summed E-state index contributed by atoms with van der Waals surface area (Å²) in [5, 5.41) is 7.79. The maximum Gasteiger partial charge on any atom is 0.224 e. The summed E-state index contributed by atoms with van der Waals surface area (Å²) in [6.45, 7) is 1.60. The molecule has 0 bridgehead atoms. The highest BCUT2D eigenvalue weighted by molar-refractivity contribution is 5.79. The summed E-state index contributed by atoms with van der Waals surface area (Å²) in [6, 6.07) is 14.1. The SMILES string of the molecule is COc1ccc(-n2cccn2)c(CN[C@@H]2CC(=O)N(Cc3cccc(F)c3)C2)c1. The number of methoxy groups -OCH3 is 1. The van der Waals surface area contributed by atoms with E-state index >= 15 is 0 Å². The monoisotopic (exact) mass is 394 g/mol. The van der Waals surface area contributed by atoms with Gasteiger partial charge in [0.2, 0.25) is 5.91 Å². The van der Waals surface area contributed by atoms with E-state index < -0.39 is 0 Å². The van der Waals surface area contributed by atoms with Gasteiger partial charge in [0.15, 0.2) is 0 Å². The molecule has 6 nitrogen and oxygen atoms in total. The Balaban J connectivity index is 1.42. The highest BCUT2D eigenvalue weighted by atomic mass is 19.1. The third-order valence-electron chi connectivity index (χ3n) is 5.10. The van der Waals surface area contributed by atoms with Gasteiger partial charge in [-0.2, -0.15) is 5.10 Å². The Bertz CT molecular complexity index is 990. The van der Waals surface area contributed by atoms with Crippen molar-refractivity contribution in [3.05, 3.63) is 77.9 Å². The van der Waals surface area contributed by atoms with Crippen LogP contribution in [0.4, 0.5) is 4.39 Å². The second-order valence-corrected chi connectivity index (χ2v) is 7.13. The number of halogens is 1. The Morgan fingerprint density at radius 2 is 2.14 bits per heavy atom. The molecule has 0 radical (unpaired) electrons. The van der Waals surface area contributed by atoms with Crippen LogP contribution >= 0.6 is 0 Å². The van der Waals surface area contributed by atoms with Gasteiger partial charge in [0.25, 0.3) is 0 Å². The third-order valence-corrected chi connectivity index (χ3v) is 5.10. The van der Waals surface area contributed by atoms with Gasteiger partial charge in [0, 0.05) is 44.5 Å². The van der Waals surface area contributed by atoms with Gasteiger partial charge in [-0.25, -0.2) is 9.07 Å². The number of likely N-dealkylation sites (tertiary alicyclic amines) is 1. The van der Waals surface area contributed by atoms with E-state index in [9.17, 15) is 9.18 Å². The molecular weight excluding hydrogens is 371 g/mol. The predicted octanol–water partition coefficient (Wildman–Crippen LogP) is 2.91. The van der Waals surface area contributed by atoms with Crippen LogP contribution in [-0.2, 0) is 17.9 Å². The Kier molecular flexibility index (Phi) is 5.57. The number of nitrogens with zero attached hydrogens (tertiary/aromatic N) is 3. The molecule has 2 heterocycles. The molecule has 29 heavy (non-hydrogen) atoms. The highest BCUT2D eigenvalue weighted by Crippen LogP contribution is 2.22. The second-order valence-electron chi connectivity index (χ2n) is 7.13. The highest BCUT2D eigenvalue weighted by Gasteiger charge is 2.29. The molecule has 150 valence electrons. The first kappa shape index (κ1) is 19.1. The Morgan fingerprint density at radius 1 is 1.24 bits per heavy atom. The summed E-state index contributed by atoms with van der Waals surface area (Å²) in [7, 11) is 1.64. The van der Waals surface area contributed by atoms with E-state index in [4.69, 9.17) is 4.74 Å². The fraction of sp³-hybridized carbons (Fsp3) is 0.273. The third kappa shape index (κ3) is 4.46. The van der Waals surface area contributed by atoms with E-state index in [0.29, 0.717) is 26.1 Å². The lowest BCUT2D eigenvalue weighted by Crippen LogP contribution is -2.32. The summed E-state index contributed by atoms with van der Waals surface area (Å²) >= 11 is 0. The van der Waals surface area contributed by atoms with E-state index in [2.05, 4.69) is 10.4 Å². The molecule has 2 aromatic carbocycles. The van der Waals surface area contributed by atoms with Crippen molar-refractivity contribution >= 4 is 5.91 Å². The summed E-state index contributed by atoms with van der Waals surface area (Å²) in [4.78, 5) is 14.2. The number of aromatic nitrogens is 2. The first-order valence-electron chi connectivity index (χ1n) is 9.55. The van der Waals surface area contributed by atoms with Crippen molar-refractivity contribution < 1.29 is 13.9 Å². The number of amides is 1. The van der Waals surface area contributed by atoms with Crippen LogP contribution in [-0.4, -0.2) is 40.3 Å². The zero-order chi connectivity index (χ0) is 20.2. The van der Waals surface area contributed by atoms with Crippen molar-refractivity contribution in [2.45, 2.75) is 25.6 Å². The molecule has 1 aliphatic rings. The number of rotatable bonds is 7. The standard InChI is InChI=1S/C22H23FN4O2/c1-29-20-6-7-21(27-9-3-8-25-27)17(11-20)13-24-19-12-22(28)26(15-19)14-16-4-2-5-18(23)10-16/h2-11,19,24H,12-15H2,1H3/t19-/m1/s1. The van der Waals surface area contributed by atoms with Gasteiger partial charge in [-0.1, -0.05) is 12.1 Å². The first-order valence-corrected chi connectivity index (χ1v) is 9.55. The molecule has 4 rings (SSSR count). The summed E-state index contributed by atoms with van der Waals surface area (Å²) in [5.74, 6) is 0.561. The van der Waals surface area contributed by atoms with Gasteiger partial charge in [-0.15, -0.1) is 0 Å². The van der Waals surface area contributed by atoms with Gasteiger partial charge in [-0.05, 0) is 47.5 Å². The van der Waals surface area contributed by atoms with Crippen LogP contribution in [0.2, 0.25) is 0 Å². The molecule has 0 unspecified atom stereocenters. The average Bonchev–Trinajstić information content (AvgIpc) is 3.36. The van der Waals surface area contributed by atoms with E-state index in [1.807, 2.05) is 41.2 Å². The van der Waals surface area contributed by atoms with Gasteiger partial charge in [-0.3, -0.25) is 4.79 Å². The molecule has 1 N–H and O–H groups in total. The van der Waals surface area contributed by atoms with Gasteiger partial charge in [0.1, 0.15) is 11.6 Å². The number of carbonyl (C=O) groups is 1. The maximum absolute atomic E-state index is 13.4. The quantitative estimate of drug-likeness (QED) is 0.670. The molecular formula is C22H23FN4O2. The minimum Gasteiger partial charge on any atom is -0.497 e.